The standard InChI is InChI=1S/C19H26N4O6/c20-13(10-11-3-5-12(24)6-4-11)18(27)23-9-1-2-15(23)17(26)22-14(19(28)29)7-8-16(21)25/h3-6,13-15,24H,1-2,7-10,20H2,(H2,21,25)(H,22,26)(H,28,29)/t13-,14-,15-/m0/s1. The Kier molecular flexibility index (Phi) is 7.54. The number of hydrogen-bond donors (Lipinski definition) is 5. The van der Waals surface area contributed by atoms with Crippen molar-refractivity contribution in [2.75, 3.05) is 6.54 Å². The van der Waals surface area contributed by atoms with Crippen LogP contribution in [0.25, 0.3) is 0 Å². The van der Waals surface area contributed by atoms with Gasteiger partial charge in [0.15, 0.2) is 0 Å². The number of amides is 3. The second kappa shape index (κ2) is 9.87. The SMILES string of the molecule is NC(=O)CC[C@H](NC(=O)[C@@H]1CCCN1C(=O)[C@@H](N)Cc1ccc(O)cc1)C(=O)O. The van der Waals surface area contributed by atoms with Crippen molar-refractivity contribution in [1.82, 2.24) is 10.2 Å². The van der Waals surface area contributed by atoms with Crippen molar-refractivity contribution in [3.63, 3.8) is 0 Å². The van der Waals surface area contributed by atoms with Crippen molar-refractivity contribution in [3.8, 4) is 5.75 Å². The molecule has 1 aromatic rings. The van der Waals surface area contributed by atoms with Crippen molar-refractivity contribution in [3.05, 3.63) is 29.8 Å². The van der Waals surface area contributed by atoms with Gasteiger partial charge in [0.1, 0.15) is 17.8 Å². The van der Waals surface area contributed by atoms with Crippen molar-refractivity contribution in [2.24, 2.45) is 11.5 Å². The lowest BCUT2D eigenvalue weighted by Crippen LogP contribution is -2.54. The minimum absolute atomic E-state index is 0.106. The largest absolute Gasteiger partial charge is 0.508 e. The van der Waals surface area contributed by atoms with Crippen LogP contribution >= 0.6 is 0 Å². The summed E-state index contributed by atoms with van der Waals surface area (Å²) >= 11 is 0. The number of likely N-dealkylation sites (tertiary alicyclic amines) is 1. The van der Waals surface area contributed by atoms with Gasteiger partial charge in [0, 0.05) is 13.0 Å². The molecule has 29 heavy (non-hydrogen) atoms. The van der Waals surface area contributed by atoms with Crippen LogP contribution in [0.1, 0.15) is 31.2 Å². The summed E-state index contributed by atoms with van der Waals surface area (Å²) in [6, 6.07) is 3.35. The van der Waals surface area contributed by atoms with Gasteiger partial charge < -0.3 is 31.9 Å². The van der Waals surface area contributed by atoms with Crippen LogP contribution in [0.15, 0.2) is 24.3 Å². The van der Waals surface area contributed by atoms with Gasteiger partial charge in [-0.25, -0.2) is 4.79 Å². The Morgan fingerprint density at radius 3 is 2.45 bits per heavy atom. The van der Waals surface area contributed by atoms with Crippen LogP contribution in [0.4, 0.5) is 0 Å². The number of nitrogens with two attached hydrogens (primary N) is 2. The normalized spacial score (nSPS) is 18.1. The van der Waals surface area contributed by atoms with Gasteiger partial charge in [-0.15, -0.1) is 0 Å². The Hall–Kier alpha value is -3.14. The molecule has 2 rings (SSSR count). The van der Waals surface area contributed by atoms with Gasteiger partial charge in [-0.3, -0.25) is 14.4 Å². The van der Waals surface area contributed by atoms with Gasteiger partial charge in [0.25, 0.3) is 0 Å². The van der Waals surface area contributed by atoms with Gasteiger partial charge >= 0.3 is 5.97 Å². The van der Waals surface area contributed by atoms with Crippen LogP contribution in [-0.4, -0.2) is 63.5 Å². The zero-order valence-electron chi connectivity index (χ0n) is 15.9. The van der Waals surface area contributed by atoms with E-state index >= 15 is 0 Å². The molecule has 0 aliphatic carbocycles. The molecule has 158 valence electrons. The quantitative estimate of drug-likeness (QED) is 0.352. The fourth-order valence-electron chi connectivity index (χ4n) is 3.30. The lowest BCUT2D eigenvalue weighted by molar-refractivity contribution is -0.144. The third-order valence-electron chi connectivity index (χ3n) is 4.84. The van der Waals surface area contributed by atoms with E-state index in [4.69, 9.17) is 11.5 Å². The average molecular weight is 406 g/mol. The summed E-state index contributed by atoms with van der Waals surface area (Å²) in [5.74, 6) is -2.83. The molecule has 1 aliphatic heterocycles. The maximum absolute atomic E-state index is 12.8. The molecule has 0 bridgehead atoms. The molecule has 10 heteroatoms. The smallest absolute Gasteiger partial charge is 0.326 e. The Morgan fingerprint density at radius 1 is 1.21 bits per heavy atom. The van der Waals surface area contributed by atoms with E-state index in [0.29, 0.717) is 19.4 Å². The number of aliphatic carboxylic acids is 1. The van der Waals surface area contributed by atoms with Crippen LogP contribution in [0.3, 0.4) is 0 Å². The maximum atomic E-state index is 12.8. The Morgan fingerprint density at radius 2 is 1.86 bits per heavy atom. The Labute approximate surface area is 167 Å². The van der Waals surface area contributed by atoms with E-state index in [1.807, 2.05) is 0 Å². The summed E-state index contributed by atoms with van der Waals surface area (Å²) in [5, 5.41) is 21.0. The lowest BCUT2D eigenvalue weighted by Gasteiger charge is -2.27. The van der Waals surface area contributed by atoms with Crippen molar-refractivity contribution in [2.45, 2.75) is 50.2 Å². The molecule has 1 saturated heterocycles. The Bertz CT molecular complexity index is 766. The number of aromatic hydroxyl groups is 1. The first-order valence-electron chi connectivity index (χ1n) is 9.34. The van der Waals surface area contributed by atoms with Gasteiger partial charge in [0.05, 0.1) is 6.04 Å². The molecule has 7 N–H and O–H groups in total. The van der Waals surface area contributed by atoms with E-state index in [0.717, 1.165) is 5.56 Å². The van der Waals surface area contributed by atoms with E-state index in [1.54, 1.807) is 12.1 Å². The number of benzene rings is 1. The number of hydrogen-bond acceptors (Lipinski definition) is 6. The zero-order valence-corrected chi connectivity index (χ0v) is 15.9. The number of primary amides is 1. The number of carbonyl (C=O) groups excluding carboxylic acids is 3. The predicted octanol–water partition coefficient (Wildman–Crippen LogP) is -0.912. The Balaban J connectivity index is 2.00. The second-order valence-electron chi connectivity index (χ2n) is 7.07. The average Bonchev–Trinajstić information content (AvgIpc) is 3.15. The molecule has 3 atom stereocenters. The summed E-state index contributed by atoms with van der Waals surface area (Å²) in [5.41, 5.74) is 11.8. The van der Waals surface area contributed by atoms with E-state index in [-0.39, 0.29) is 25.0 Å². The molecule has 1 fully saturated rings. The van der Waals surface area contributed by atoms with E-state index < -0.39 is 41.8 Å². The molecular formula is C19H26N4O6. The number of carbonyl (C=O) groups is 4. The fraction of sp³-hybridized carbons (Fsp3) is 0.474. The molecule has 1 aliphatic rings. The number of carboxylic acid groups (broad SMARTS) is 1. The monoisotopic (exact) mass is 406 g/mol. The minimum atomic E-state index is -1.28. The minimum Gasteiger partial charge on any atom is -0.508 e. The third kappa shape index (κ3) is 6.18. The van der Waals surface area contributed by atoms with Gasteiger partial charge in [-0.2, -0.15) is 0 Å². The summed E-state index contributed by atoms with van der Waals surface area (Å²) in [4.78, 5) is 48.9. The summed E-state index contributed by atoms with van der Waals surface area (Å²) < 4.78 is 0. The maximum Gasteiger partial charge on any atom is 0.326 e. The molecular weight excluding hydrogens is 380 g/mol. The van der Waals surface area contributed by atoms with E-state index in [2.05, 4.69) is 5.32 Å². The van der Waals surface area contributed by atoms with Gasteiger partial charge in [-0.1, -0.05) is 12.1 Å². The highest BCUT2D eigenvalue weighted by atomic mass is 16.4. The van der Waals surface area contributed by atoms with E-state index in [1.165, 1.54) is 17.0 Å². The van der Waals surface area contributed by atoms with Crippen molar-refractivity contribution >= 4 is 23.7 Å². The number of carboxylic acids is 1. The first-order valence-corrected chi connectivity index (χ1v) is 9.34. The molecule has 3 amide bonds. The van der Waals surface area contributed by atoms with Crippen LogP contribution in [0, 0.1) is 0 Å². The molecule has 1 heterocycles. The topological polar surface area (TPSA) is 176 Å². The van der Waals surface area contributed by atoms with Crippen LogP contribution in [0.2, 0.25) is 0 Å². The predicted molar refractivity (Wildman–Crippen MR) is 103 cm³/mol. The fourth-order valence-corrected chi connectivity index (χ4v) is 3.30. The number of nitrogens with one attached hydrogen (secondary N) is 1. The van der Waals surface area contributed by atoms with Crippen LogP contribution < -0.4 is 16.8 Å². The lowest BCUT2D eigenvalue weighted by atomic mass is 10.0. The first kappa shape index (κ1) is 22.2. The molecule has 0 aromatic heterocycles. The number of phenolic OH excluding ortho intramolecular Hbond substituents is 1. The third-order valence-corrected chi connectivity index (χ3v) is 4.84. The highest BCUT2D eigenvalue weighted by Gasteiger charge is 2.37. The molecule has 0 unspecified atom stereocenters. The molecule has 1 aromatic carbocycles. The number of phenols is 1. The summed E-state index contributed by atoms with van der Waals surface area (Å²) in [6.07, 6.45) is 0.917. The van der Waals surface area contributed by atoms with Crippen molar-refractivity contribution in [1.29, 1.82) is 0 Å². The van der Waals surface area contributed by atoms with Gasteiger partial charge in [-0.05, 0) is 43.4 Å². The zero-order chi connectivity index (χ0) is 21.6. The highest BCUT2D eigenvalue weighted by Crippen LogP contribution is 2.20. The number of rotatable bonds is 9. The summed E-state index contributed by atoms with van der Waals surface area (Å²) in [7, 11) is 0. The molecule has 0 radical (unpaired) electrons. The highest BCUT2D eigenvalue weighted by molar-refractivity contribution is 5.92. The number of nitrogens with zero attached hydrogens (tertiary/aromatic N) is 1. The first-order chi connectivity index (χ1) is 13.7. The summed E-state index contributed by atoms with van der Waals surface area (Å²) in [6.45, 7) is 0.346. The second-order valence-corrected chi connectivity index (χ2v) is 7.07. The molecule has 0 spiro atoms. The van der Waals surface area contributed by atoms with Crippen LogP contribution in [-0.2, 0) is 25.6 Å². The molecule has 0 saturated carbocycles. The van der Waals surface area contributed by atoms with Crippen LogP contribution in [0.5, 0.6) is 5.75 Å². The van der Waals surface area contributed by atoms with E-state index in [9.17, 15) is 29.4 Å². The van der Waals surface area contributed by atoms with Gasteiger partial charge in [0.2, 0.25) is 17.7 Å². The molecule has 10 nitrogen and oxygen atoms in total. The van der Waals surface area contributed by atoms with Crippen molar-refractivity contribution < 1.29 is 29.4 Å².